The van der Waals surface area contributed by atoms with Gasteiger partial charge in [0.05, 0.1) is 5.69 Å². The Hall–Kier alpha value is -2.68. The summed E-state index contributed by atoms with van der Waals surface area (Å²) in [5.74, 6) is 0.780. The van der Waals surface area contributed by atoms with Crippen LogP contribution in [0.1, 0.15) is 72.8 Å². The van der Waals surface area contributed by atoms with Crippen molar-refractivity contribution in [1.82, 2.24) is 9.97 Å². The van der Waals surface area contributed by atoms with E-state index in [0.29, 0.717) is 12.3 Å². The summed E-state index contributed by atoms with van der Waals surface area (Å²) in [6.45, 7) is 8.76. The van der Waals surface area contributed by atoms with Crippen molar-refractivity contribution in [3.8, 4) is 11.3 Å². The van der Waals surface area contributed by atoms with Crippen LogP contribution in [0.25, 0.3) is 11.3 Å². The van der Waals surface area contributed by atoms with Crippen LogP contribution < -0.4 is 0 Å². The lowest BCUT2D eigenvalue weighted by Gasteiger charge is -2.28. The number of ketones is 1. The van der Waals surface area contributed by atoms with Crippen molar-refractivity contribution in [3.05, 3.63) is 76.7 Å². The molecule has 1 N–H and O–H groups in total. The second kappa shape index (κ2) is 7.05. The van der Waals surface area contributed by atoms with Gasteiger partial charge in [0.2, 0.25) is 0 Å². The number of nitrogens with one attached hydrogen (secondary N) is 1. The second-order valence-electron chi connectivity index (χ2n) is 9.08. The number of carbonyl (C=O) groups is 1. The largest absolute Gasteiger partial charge is 0.358 e. The first kappa shape index (κ1) is 18.7. The standard InChI is InChI=1S/C25H28N2O/c1-16(2)18-7-5-17(6-8-18)13-20-23-21(14-25(3,4)15-22(23)28)27-24(20)19-9-11-26-12-10-19/h5-12,16,27H,13-15H2,1-4H3. The van der Waals surface area contributed by atoms with E-state index < -0.39 is 0 Å². The predicted octanol–water partition coefficient (Wildman–Crippen LogP) is 5.95. The molecule has 3 heteroatoms. The zero-order valence-corrected chi connectivity index (χ0v) is 17.2. The molecular formula is C25H28N2O. The molecule has 1 aromatic carbocycles. The SMILES string of the molecule is CC(C)c1ccc(Cc2c(-c3ccncc3)[nH]c3c2C(=O)CC(C)(C)C3)cc1. The van der Waals surface area contributed by atoms with Crippen molar-refractivity contribution in [2.75, 3.05) is 0 Å². The Labute approximate surface area is 167 Å². The van der Waals surface area contributed by atoms with E-state index in [1.165, 1.54) is 11.1 Å². The number of benzene rings is 1. The third-order valence-electron chi connectivity index (χ3n) is 5.75. The lowest BCUT2D eigenvalue weighted by atomic mass is 9.75. The highest BCUT2D eigenvalue weighted by atomic mass is 16.1. The number of aromatic amines is 1. The first-order valence-electron chi connectivity index (χ1n) is 10.1. The van der Waals surface area contributed by atoms with E-state index in [1.807, 2.05) is 24.5 Å². The molecule has 4 rings (SSSR count). The quantitative estimate of drug-likeness (QED) is 0.615. The van der Waals surface area contributed by atoms with Crippen LogP contribution in [0.4, 0.5) is 0 Å². The summed E-state index contributed by atoms with van der Waals surface area (Å²) in [6.07, 6.45) is 5.88. The summed E-state index contributed by atoms with van der Waals surface area (Å²) in [5.41, 5.74) is 7.85. The average Bonchev–Trinajstić information content (AvgIpc) is 3.00. The van der Waals surface area contributed by atoms with E-state index >= 15 is 0 Å². The minimum atomic E-state index is 0.000628. The number of Topliss-reactive ketones (excluding diaryl/α,β-unsaturated/α-hetero) is 1. The van der Waals surface area contributed by atoms with Gasteiger partial charge in [-0.15, -0.1) is 0 Å². The highest BCUT2D eigenvalue weighted by Crippen LogP contribution is 2.40. The molecule has 0 atom stereocenters. The number of rotatable bonds is 4. The van der Waals surface area contributed by atoms with E-state index in [4.69, 9.17) is 0 Å². The molecule has 0 saturated carbocycles. The summed E-state index contributed by atoms with van der Waals surface area (Å²) in [5, 5.41) is 0. The van der Waals surface area contributed by atoms with Crippen LogP contribution >= 0.6 is 0 Å². The van der Waals surface area contributed by atoms with Gasteiger partial charge in [-0.3, -0.25) is 9.78 Å². The van der Waals surface area contributed by atoms with Gasteiger partial charge in [-0.05, 0) is 46.6 Å². The van der Waals surface area contributed by atoms with Gasteiger partial charge in [-0.2, -0.15) is 0 Å². The maximum Gasteiger partial charge on any atom is 0.165 e. The predicted molar refractivity (Wildman–Crippen MR) is 114 cm³/mol. The van der Waals surface area contributed by atoms with Gasteiger partial charge in [0.1, 0.15) is 0 Å². The van der Waals surface area contributed by atoms with Crippen LogP contribution in [0.5, 0.6) is 0 Å². The molecule has 144 valence electrons. The van der Waals surface area contributed by atoms with Crippen LogP contribution in [0.3, 0.4) is 0 Å². The molecule has 0 unspecified atom stereocenters. The van der Waals surface area contributed by atoms with Crippen molar-refractivity contribution in [3.63, 3.8) is 0 Å². The van der Waals surface area contributed by atoms with Gasteiger partial charge >= 0.3 is 0 Å². The van der Waals surface area contributed by atoms with Crippen molar-refractivity contribution >= 4 is 5.78 Å². The van der Waals surface area contributed by atoms with Gasteiger partial charge in [-0.1, -0.05) is 52.0 Å². The normalized spacial score (nSPS) is 15.7. The number of hydrogen-bond acceptors (Lipinski definition) is 2. The fourth-order valence-corrected chi connectivity index (χ4v) is 4.30. The molecule has 2 aromatic heterocycles. The van der Waals surface area contributed by atoms with E-state index in [9.17, 15) is 4.79 Å². The van der Waals surface area contributed by atoms with Crippen LogP contribution in [-0.4, -0.2) is 15.8 Å². The van der Waals surface area contributed by atoms with Crippen molar-refractivity contribution in [2.24, 2.45) is 5.41 Å². The molecule has 2 heterocycles. The third kappa shape index (κ3) is 3.54. The third-order valence-corrected chi connectivity index (χ3v) is 5.75. The maximum absolute atomic E-state index is 13.1. The first-order chi connectivity index (χ1) is 13.3. The van der Waals surface area contributed by atoms with Crippen LogP contribution in [-0.2, 0) is 12.8 Å². The zero-order valence-electron chi connectivity index (χ0n) is 17.2. The Kier molecular flexibility index (Phi) is 4.70. The van der Waals surface area contributed by atoms with Gasteiger partial charge in [-0.25, -0.2) is 0 Å². The molecular weight excluding hydrogens is 344 g/mol. The minimum Gasteiger partial charge on any atom is -0.358 e. The molecule has 0 bridgehead atoms. The van der Waals surface area contributed by atoms with Gasteiger partial charge in [0.25, 0.3) is 0 Å². The molecule has 0 fully saturated rings. The summed E-state index contributed by atoms with van der Waals surface area (Å²) < 4.78 is 0. The van der Waals surface area contributed by atoms with Crippen LogP contribution in [0.15, 0.2) is 48.8 Å². The zero-order chi connectivity index (χ0) is 19.9. The molecule has 1 aliphatic carbocycles. The molecule has 3 nitrogen and oxygen atoms in total. The minimum absolute atomic E-state index is 0.000628. The number of pyridine rings is 1. The molecule has 28 heavy (non-hydrogen) atoms. The topological polar surface area (TPSA) is 45.8 Å². The second-order valence-corrected chi connectivity index (χ2v) is 9.08. The molecule has 1 aliphatic rings. The van der Waals surface area contributed by atoms with Crippen molar-refractivity contribution < 1.29 is 4.79 Å². The van der Waals surface area contributed by atoms with E-state index in [-0.39, 0.29) is 11.2 Å². The Balaban J connectivity index is 1.80. The number of hydrogen-bond donors (Lipinski definition) is 1. The fourth-order valence-electron chi connectivity index (χ4n) is 4.30. The lowest BCUT2D eigenvalue weighted by molar-refractivity contribution is 0.0911. The fraction of sp³-hybridized carbons (Fsp3) is 0.360. The molecule has 0 amide bonds. The van der Waals surface area contributed by atoms with Gasteiger partial charge in [0, 0.05) is 42.1 Å². The lowest BCUT2D eigenvalue weighted by Crippen LogP contribution is -2.27. The maximum atomic E-state index is 13.1. The van der Waals surface area contributed by atoms with E-state index in [2.05, 4.69) is 61.9 Å². The molecule has 0 radical (unpaired) electrons. The van der Waals surface area contributed by atoms with E-state index in [0.717, 1.165) is 40.9 Å². The molecule has 0 spiro atoms. The number of H-pyrrole nitrogens is 1. The summed E-state index contributed by atoms with van der Waals surface area (Å²) in [7, 11) is 0. The average molecular weight is 373 g/mol. The first-order valence-corrected chi connectivity index (χ1v) is 10.1. The Morgan fingerprint density at radius 1 is 1.04 bits per heavy atom. The van der Waals surface area contributed by atoms with Crippen molar-refractivity contribution in [2.45, 2.75) is 52.9 Å². The Morgan fingerprint density at radius 2 is 1.71 bits per heavy atom. The number of aromatic nitrogens is 2. The highest BCUT2D eigenvalue weighted by Gasteiger charge is 2.35. The molecule has 3 aromatic rings. The van der Waals surface area contributed by atoms with Gasteiger partial charge < -0.3 is 4.98 Å². The Morgan fingerprint density at radius 3 is 2.36 bits per heavy atom. The number of fused-ring (bicyclic) bond motifs is 1. The highest BCUT2D eigenvalue weighted by molar-refractivity contribution is 6.02. The Bertz CT molecular complexity index is 995. The smallest absolute Gasteiger partial charge is 0.165 e. The summed E-state index contributed by atoms with van der Waals surface area (Å²) in [6, 6.07) is 12.8. The van der Waals surface area contributed by atoms with E-state index in [1.54, 1.807) is 0 Å². The van der Waals surface area contributed by atoms with Crippen molar-refractivity contribution in [1.29, 1.82) is 0 Å². The molecule has 0 aliphatic heterocycles. The summed E-state index contributed by atoms with van der Waals surface area (Å²) >= 11 is 0. The summed E-state index contributed by atoms with van der Waals surface area (Å²) in [4.78, 5) is 20.8. The number of carbonyl (C=O) groups excluding carboxylic acids is 1. The van der Waals surface area contributed by atoms with Crippen LogP contribution in [0, 0.1) is 5.41 Å². The number of nitrogens with zero attached hydrogens (tertiary/aromatic N) is 1. The van der Waals surface area contributed by atoms with Gasteiger partial charge in [0.15, 0.2) is 5.78 Å². The molecule has 0 saturated heterocycles. The monoisotopic (exact) mass is 372 g/mol. The van der Waals surface area contributed by atoms with Crippen LogP contribution in [0.2, 0.25) is 0 Å².